The molecule has 5 heteroatoms. The average Bonchev–Trinajstić information content (AvgIpc) is 2.34. The molecule has 2 N–H and O–H groups in total. The van der Waals surface area contributed by atoms with Gasteiger partial charge in [-0.05, 0) is 38.1 Å². The van der Waals surface area contributed by atoms with Crippen LogP contribution in [-0.4, -0.2) is 36.5 Å². The predicted molar refractivity (Wildman–Crippen MR) is 72.9 cm³/mol. The van der Waals surface area contributed by atoms with Crippen molar-refractivity contribution in [2.75, 3.05) is 19.7 Å². The van der Waals surface area contributed by atoms with Crippen LogP contribution in [0.15, 0.2) is 24.3 Å². The number of benzene rings is 1. The molecule has 0 radical (unpaired) electrons. The van der Waals surface area contributed by atoms with Gasteiger partial charge in [0.15, 0.2) is 6.61 Å². The first-order valence-corrected chi connectivity index (χ1v) is 6.30. The molecule has 4 nitrogen and oxygen atoms in total. The van der Waals surface area contributed by atoms with Gasteiger partial charge in [0.2, 0.25) is 0 Å². The number of carbonyl (C=O) groups excluding carboxylic acids is 1. The van der Waals surface area contributed by atoms with Gasteiger partial charge in [0.25, 0.3) is 5.91 Å². The summed E-state index contributed by atoms with van der Waals surface area (Å²) in [5.41, 5.74) is 5.48. The van der Waals surface area contributed by atoms with Crippen molar-refractivity contribution < 1.29 is 9.53 Å². The van der Waals surface area contributed by atoms with Gasteiger partial charge in [0, 0.05) is 24.2 Å². The molecule has 18 heavy (non-hydrogen) atoms. The largest absolute Gasteiger partial charge is 0.484 e. The first-order valence-electron chi connectivity index (χ1n) is 5.92. The highest BCUT2D eigenvalue weighted by atomic mass is 35.5. The average molecular weight is 271 g/mol. The molecule has 1 amide bonds. The second kappa shape index (κ2) is 7.24. The van der Waals surface area contributed by atoms with Gasteiger partial charge in [0.1, 0.15) is 5.75 Å². The fourth-order valence-electron chi connectivity index (χ4n) is 1.57. The third-order valence-corrected chi connectivity index (χ3v) is 2.74. The molecule has 0 aliphatic heterocycles. The summed E-state index contributed by atoms with van der Waals surface area (Å²) in [6, 6.07) is 7.04. The second-order valence-corrected chi connectivity index (χ2v) is 4.65. The Balaban J connectivity index is 2.51. The lowest BCUT2D eigenvalue weighted by Crippen LogP contribution is -2.42. The number of rotatable bonds is 6. The normalized spacial score (nSPS) is 10.5. The van der Waals surface area contributed by atoms with Gasteiger partial charge in [0.05, 0.1) is 0 Å². The summed E-state index contributed by atoms with van der Waals surface area (Å²) in [6.45, 7) is 4.91. The van der Waals surface area contributed by atoms with Crippen LogP contribution in [0.3, 0.4) is 0 Å². The molecular formula is C13H19ClN2O2. The molecule has 1 aromatic carbocycles. The summed E-state index contributed by atoms with van der Waals surface area (Å²) in [5, 5.41) is 0.639. The van der Waals surface area contributed by atoms with Crippen molar-refractivity contribution in [3.63, 3.8) is 0 Å². The Morgan fingerprint density at radius 1 is 1.39 bits per heavy atom. The molecule has 0 heterocycles. The number of carbonyl (C=O) groups is 1. The minimum absolute atomic E-state index is 0.0137. The maximum atomic E-state index is 11.9. The zero-order chi connectivity index (χ0) is 13.5. The minimum atomic E-state index is -0.0644. The quantitative estimate of drug-likeness (QED) is 0.859. The van der Waals surface area contributed by atoms with Crippen molar-refractivity contribution in [2.24, 2.45) is 5.73 Å². The van der Waals surface area contributed by atoms with E-state index in [4.69, 9.17) is 22.1 Å². The van der Waals surface area contributed by atoms with Gasteiger partial charge in [-0.3, -0.25) is 4.79 Å². The Labute approximate surface area is 113 Å². The first-order chi connectivity index (χ1) is 8.54. The highest BCUT2D eigenvalue weighted by molar-refractivity contribution is 6.30. The van der Waals surface area contributed by atoms with Gasteiger partial charge in [-0.2, -0.15) is 0 Å². The second-order valence-electron chi connectivity index (χ2n) is 4.21. The number of amides is 1. The van der Waals surface area contributed by atoms with Crippen LogP contribution in [0.5, 0.6) is 5.75 Å². The van der Waals surface area contributed by atoms with Crippen LogP contribution >= 0.6 is 11.6 Å². The van der Waals surface area contributed by atoms with Crippen LogP contribution < -0.4 is 10.5 Å². The van der Waals surface area contributed by atoms with Gasteiger partial charge in [-0.25, -0.2) is 0 Å². The molecule has 100 valence electrons. The lowest BCUT2D eigenvalue weighted by atomic mass is 10.3. The molecule has 1 rings (SSSR count). The van der Waals surface area contributed by atoms with Crippen LogP contribution in [0.1, 0.15) is 13.8 Å². The zero-order valence-corrected chi connectivity index (χ0v) is 11.5. The van der Waals surface area contributed by atoms with Gasteiger partial charge >= 0.3 is 0 Å². The van der Waals surface area contributed by atoms with Crippen LogP contribution in [-0.2, 0) is 4.79 Å². The first kappa shape index (κ1) is 14.8. The van der Waals surface area contributed by atoms with Crippen molar-refractivity contribution in [1.29, 1.82) is 0 Å². The molecular weight excluding hydrogens is 252 g/mol. The molecule has 0 unspecified atom stereocenters. The number of nitrogens with zero attached hydrogens (tertiary/aromatic N) is 1. The molecule has 0 aliphatic carbocycles. The van der Waals surface area contributed by atoms with Crippen LogP contribution in [0.25, 0.3) is 0 Å². The standard InChI is InChI=1S/C13H19ClN2O2/c1-10(2)16(8-7-15)13(17)9-18-12-5-3-11(14)4-6-12/h3-6,10H,7-9,15H2,1-2H3. The summed E-state index contributed by atoms with van der Waals surface area (Å²) in [5.74, 6) is 0.564. The molecule has 0 spiro atoms. The molecule has 0 atom stereocenters. The van der Waals surface area contributed by atoms with Crippen molar-refractivity contribution in [1.82, 2.24) is 4.90 Å². The Hall–Kier alpha value is -1.26. The van der Waals surface area contributed by atoms with E-state index >= 15 is 0 Å². The van der Waals surface area contributed by atoms with E-state index < -0.39 is 0 Å². The van der Waals surface area contributed by atoms with E-state index in [0.29, 0.717) is 23.9 Å². The molecule has 0 bridgehead atoms. The summed E-state index contributed by atoms with van der Waals surface area (Å²) in [4.78, 5) is 13.6. The number of hydrogen-bond donors (Lipinski definition) is 1. The van der Waals surface area contributed by atoms with Crippen LogP contribution in [0.4, 0.5) is 0 Å². The van der Waals surface area contributed by atoms with Crippen molar-refractivity contribution in [2.45, 2.75) is 19.9 Å². The van der Waals surface area contributed by atoms with E-state index in [2.05, 4.69) is 0 Å². The summed E-state index contributed by atoms with van der Waals surface area (Å²) >= 11 is 5.76. The molecule has 0 saturated carbocycles. The molecule has 0 saturated heterocycles. The van der Waals surface area contributed by atoms with E-state index in [1.54, 1.807) is 29.2 Å². The lowest BCUT2D eigenvalue weighted by molar-refractivity contribution is -0.134. The lowest BCUT2D eigenvalue weighted by Gasteiger charge is -2.26. The number of ether oxygens (including phenoxy) is 1. The van der Waals surface area contributed by atoms with E-state index in [1.807, 2.05) is 13.8 Å². The summed E-state index contributed by atoms with van der Waals surface area (Å²) in [6.07, 6.45) is 0. The van der Waals surface area contributed by atoms with Gasteiger partial charge in [-0.15, -0.1) is 0 Å². The van der Waals surface area contributed by atoms with Crippen molar-refractivity contribution in [3.05, 3.63) is 29.3 Å². The fourth-order valence-corrected chi connectivity index (χ4v) is 1.69. The third-order valence-electron chi connectivity index (χ3n) is 2.49. The predicted octanol–water partition coefficient (Wildman–Crippen LogP) is 1.91. The SMILES string of the molecule is CC(C)N(CCN)C(=O)COc1ccc(Cl)cc1. The Morgan fingerprint density at radius 3 is 2.50 bits per heavy atom. The fraction of sp³-hybridized carbons (Fsp3) is 0.462. The van der Waals surface area contributed by atoms with Crippen LogP contribution in [0, 0.1) is 0 Å². The number of hydrogen-bond acceptors (Lipinski definition) is 3. The number of halogens is 1. The maximum Gasteiger partial charge on any atom is 0.260 e. The number of nitrogens with two attached hydrogens (primary N) is 1. The zero-order valence-electron chi connectivity index (χ0n) is 10.7. The molecule has 1 aromatic rings. The monoisotopic (exact) mass is 270 g/mol. The van der Waals surface area contributed by atoms with Gasteiger partial charge in [-0.1, -0.05) is 11.6 Å². The van der Waals surface area contributed by atoms with E-state index in [-0.39, 0.29) is 18.6 Å². The van der Waals surface area contributed by atoms with E-state index in [9.17, 15) is 4.79 Å². The Morgan fingerprint density at radius 2 is 2.00 bits per heavy atom. The molecule has 0 aliphatic rings. The summed E-state index contributed by atoms with van der Waals surface area (Å²) < 4.78 is 5.41. The summed E-state index contributed by atoms with van der Waals surface area (Å²) in [7, 11) is 0. The highest BCUT2D eigenvalue weighted by Crippen LogP contribution is 2.15. The van der Waals surface area contributed by atoms with E-state index in [1.165, 1.54) is 0 Å². The minimum Gasteiger partial charge on any atom is -0.484 e. The van der Waals surface area contributed by atoms with Crippen molar-refractivity contribution >= 4 is 17.5 Å². The van der Waals surface area contributed by atoms with Crippen LogP contribution in [0.2, 0.25) is 5.02 Å². The Bertz CT molecular complexity index is 379. The van der Waals surface area contributed by atoms with E-state index in [0.717, 1.165) is 0 Å². The van der Waals surface area contributed by atoms with Gasteiger partial charge < -0.3 is 15.4 Å². The molecule has 0 fully saturated rings. The van der Waals surface area contributed by atoms with Crippen molar-refractivity contribution in [3.8, 4) is 5.75 Å². The third kappa shape index (κ3) is 4.55. The maximum absolute atomic E-state index is 11.9. The molecule has 0 aromatic heterocycles. The smallest absolute Gasteiger partial charge is 0.260 e. The topological polar surface area (TPSA) is 55.6 Å². The Kier molecular flexibility index (Phi) is 5.95. The highest BCUT2D eigenvalue weighted by Gasteiger charge is 2.16.